The highest BCUT2D eigenvalue weighted by Gasteiger charge is 2.42. The lowest BCUT2D eigenvalue weighted by atomic mass is 9.78. The summed E-state index contributed by atoms with van der Waals surface area (Å²) in [6.45, 7) is 1.94. The molecule has 114 valence electrons. The molecule has 2 aliphatic heterocycles. The Morgan fingerprint density at radius 1 is 1.20 bits per heavy atom. The molecule has 4 nitrogen and oxygen atoms in total. The Balaban J connectivity index is 1.65. The molecule has 0 aromatic rings. The Labute approximate surface area is 121 Å². The monoisotopic (exact) mass is 281 g/mol. The number of hydrogen-bond acceptors (Lipinski definition) is 3. The zero-order chi connectivity index (χ0) is 14.0. The van der Waals surface area contributed by atoms with Crippen LogP contribution in [0, 0.1) is 0 Å². The van der Waals surface area contributed by atoms with Crippen molar-refractivity contribution in [2.24, 2.45) is 0 Å². The molecule has 0 bridgehead atoms. The molecule has 3 aliphatic rings. The van der Waals surface area contributed by atoms with E-state index in [2.05, 4.69) is 4.90 Å². The van der Waals surface area contributed by atoms with Crippen molar-refractivity contribution >= 4 is 5.97 Å². The van der Waals surface area contributed by atoms with Gasteiger partial charge in [-0.05, 0) is 45.1 Å². The second-order valence-corrected chi connectivity index (χ2v) is 6.87. The van der Waals surface area contributed by atoms with E-state index in [1.807, 2.05) is 0 Å². The van der Waals surface area contributed by atoms with E-state index in [1.165, 1.54) is 32.1 Å². The Morgan fingerprint density at radius 2 is 2.00 bits per heavy atom. The molecule has 1 saturated carbocycles. The predicted octanol–water partition coefficient (Wildman–Crippen LogP) is 2.81. The molecule has 1 aliphatic carbocycles. The predicted molar refractivity (Wildman–Crippen MR) is 76.8 cm³/mol. The molecule has 3 rings (SSSR count). The van der Waals surface area contributed by atoms with Crippen LogP contribution in [0.2, 0.25) is 0 Å². The number of rotatable bonds is 3. The third-order valence-corrected chi connectivity index (χ3v) is 5.53. The van der Waals surface area contributed by atoms with E-state index in [0.29, 0.717) is 12.5 Å². The maximum atomic E-state index is 11.0. The highest BCUT2D eigenvalue weighted by molar-refractivity contribution is 5.67. The molecule has 2 saturated heterocycles. The van der Waals surface area contributed by atoms with E-state index < -0.39 is 5.97 Å². The zero-order valence-corrected chi connectivity index (χ0v) is 12.4. The fourth-order valence-corrected chi connectivity index (χ4v) is 4.59. The second kappa shape index (κ2) is 6.02. The summed E-state index contributed by atoms with van der Waals surface area (Å²) in [5.41, 5.74) is 0.123. The topological polar surface area (TPSA) is 49.8 Å². The van der Waals surface area contributed by atoms with Gasteiger partial charge in [0.05, 0.1) is 12.0 Å². The van der Waals surface area contributed by atoms with Gasteiger partial charge in [0, 0.05) is 18.7 Å². The van der Waals surface area contributed by atoms with Gasteiger partial charge >= 0.3 is 5.97 Å². The number of nitrogens with zero attached hydrogens (tertiary/aromatic N) is 1. The van der Waals surface area contributed by atoms with Gasteiger partial charge in [-0.3, -0.25) is 9.69 Å². The Bertz CT molecular complexity index is 346. The van der Waals surface area contributed by atoms with Gasteiger partial charge in [-0.1, -0.05) is 19.3 Å². The average Bonchev–Trinajstić information content (AvgIpc) is 2.87. The van der Waals surface area contributed by atoms with Crippen LogP contribution in [0.15, 0.2) is 0 Å². The van der Waals surface area contributed by atoms with Crippen molar-refractivity contribution in [3.8, 4) is 0 Å². The normalized spacial score (nSPS) is 34.4. The largest absolute Gasteiger partial charge is 0.481 e. The quantitative estimate of drug-likeness (QED) is 0.864. The van der Waals surface area contributed by atoms with Gasteiger partial charge in [-0.25, -0.2) is 0 Å². The molecule has 3 fully saturated rings. The first-order valence-corrected chi connectivity index (χ1v) is 8.30. The van der Waals surface area contributed by atoms with Crippen molar-refractivity contribution in [3.05, 3.63) is 0 Å². The average molecular weight is 281 g/mol. The Morgan fingerprint density at radius 3 is 2.75 bits per heavy atom. The molecule has 20 heavy (non-hydrogen) atoms. The standard InChI is InChI=1S/C16H27NO3/c18-15(19)11-13-5-4-9-17(13)14-6-10-20-16(12-14)7-2-1-3-8-16/h13-14H,1-12H2,(H,18,19). The van der Waals surface area contributed by atoms with Crippen LogP contribution in [0.1, 0.15) is 64.2 Å². The van der Waals surface area contributed by atoms with Crippen LogP contribution in [0.25, 0.3) is 0 Å². The third kappa shape index (κ3) is 3.01. The summed E-state index contributed by atoms with van der Waals surface area (Å²) in [5, 5.41) is 9.08. The first-order valence-electron chi connectivity index (χ1n) is 8.30. The van der Waals surface area contributed by atoms with Crippen LogP contribution in [0.4, 0.5) is 0 Å². The highest BCUT2D eigenvalue weighted by Crippen LogP contribution is 2.41. The number of ether oxygens (including phenoxy) is 1. The number of hydrogen-bond donors (Lipinski definition) is 1. The molecule has 0 aromatic carbocycles. The fourth-order valence-electron chi connectivity index (χ4n) is 4.59. The molecule has 4 heteroatoms. The van der Waals surface area contributed by atoms with Crippen LogP contribution in [0.3, 0.4) is 0 Å². The molecular formula is C16H27NO3. The SMILES string of the molecule is O=C(O)CC1CCCN1C1CCOC2(CCCCC2)C1. The summed E-state index contributed by atoms with van der Waals surface area (Å²) >= 11 is 0. The summed E-state index contributed by atoms with van der Waals surface area (Å²) in [5.74, 6) is -0.652. The number of carbonyl (C=O) groups is 1. The molecule has 1 N–H and O–H groups in total. The minimum absolute atomic E-state index is 0.123. The van der Waals surface area contributed by atoms with Gasteiger partial charge in [-0.2, -0.15) is 0 Å². The fraction of sp³-hybridized carbons (Fsp3) is 0.938. The molecule has 2 unspecified atom stereocenters. The van der Waals surface area contributed by atoms with Gasteiger partial charge < -0.3 is 9.84 Å². The lowest BCUT2D eigenvalue weighted by Gasteiger charge is -2.47. The number of likely N-dealkylation sites (tertiary alicyclic amines) is 1. The highest BCUT2D eigenvalue weighted by atomic mass is 16.5. The molecule has 0 amide bonds. The Kier molecular flexibility index (Phi) is 4.32. The summed E-state index contributed by atoms with van der Waals surface area (Å²) in [7, 11) is 0. The maximum absolute atomic E-state index is 11.0. The summed E-state index contributed by atoms with van der Waals surface area (Å²) in [6, 6.07) is 0.810. The van der Waals surface area contributed by atoms with E-state index in [1.54, 1.807) is 0 Å². The van der Waals surface area contributed by atoms with Gasteiger partial charge in [0.2, 0.25) is 0 Å². The molecule has 0 aromatic heterocycles. The minimum atomic E-state index is -0.652. The van der Waals surface area contributed by atoms with Crippen molar-refractivity contribution in [2.45, 2.75) is 81.9 Å². The first kappa shape index (κ1) is 14.3. The van der Waals surface area contributed by atoms with Crippen LogP contribution in [-0.2, 0) is 9.53 Å². The smallest absolute Gasteiger partial charge is 0.304 e. The van der Waals surface area contributed by atoms with Crippen molar-refractivity contribution < 1.29 is 14.6 Å². The first-order chi connectivity index (χ1) is 9.69. The Hall–Kier alpha value is -0.610. The summed E-state index contributed by atoms with van der Waals surface area (Å²) < 4.78 is 6.17. The van der Waals surface area contributed by atoms with Crippen molar-refractivity contribution in [2.75, 3.05) is 13.2 Å². The minimum Gasteiger partial charge on any atom is -0.481 e. The maximum Gasteiger partial charge on any atom is 0.304 e. The van der Waals surface area contributed by atoms with Gasteiger partial charge in [0.25, 0.3) is 0 Å². The number of aliphatic carboxylic acids is 1. The van der Waals surface area contributed by atoms with E-state index in [4.69, 9.17) is 9.84 Å². The second-order valence-electron chi connectivity index (χ2n) is 6.87. The number of carboxylic acid groups (broad SMARTS) is 1. The van der Waals surface area contributed by atoms with E-state index in [-0.39, 0.29) is 11.6 Å². The summed E-state index contributed by atoms with van der Waals surface area (Å²) in [4.78, 5) is 13.5. The van der Waals surface area contributed by atoms with Crippen LogP contribution in [-0.4, -0.2) is 46.8 Å². The van der Waals surface area contributed by atoms with E-state index in [9.17, 15) is 4.79 Å². The molecule has 2 heterocycles. The van der Waals surface area contributed by atoms with Gasteiger partial charge in [-0.15, -0.1) is 0 Å². The van der Waals surface area contributed by atoms with E-state index >= 15 is 0 Å². The summed E-state index contributed by atoms with van der Waals surface area (Å²) in [6.07, 6.45) is 11.1. The number of carboxylic acids is 1. The molecule has 1 spiro atoms. The lowest BCUT2D eigenvalue weighted by molar-refractivity contribution is -0.140. The van der Waals surface area contributed by atoms with Crippen molar-refractivity contribution in [1.29, 1.82) is 0 Å². The van der Waals surface area contributed by atoms with Crippen molar-refractivity contribution in [3.63, 3.8) is 0 Å². The van der Waals surface area contributed by atoms with Gasteiger partial charge in [0.1, 0.15) is 0 Å². The third-order valence-electron chi connectivity index (χ3n) is 5.53. The molecule has 0 radical (unpaired) electrons. The van der Waals surface area contributed by atoms with Crippen LogP contribution >= 0.6 is 0 Å². The van der Waals surface area contributed by atoms with Crippen LogP contribution in [0.5, 0.6) is 0 Å². The zero-order valence-electron chi connectivity index (χ0n) is 12.4. The van der Waals surface area contributed by atoms with Gasteiger partial charge in [0.15, 0.2) is 0 Å². The lowest BCUT2D eigenvalue weighted by Crippen LogP contribution is -2.51. The van der Waals surface area contributed by atoms with Crippen LogP contribution < -0.4 is 0 Å². The van der Waals surface area contributed by atoms with Crippen molar-refractivity contribution in [1.82, 2.24) is 4.90 Å². The molecule has 2 atom stereocenters. The molecular weight excluding hydrogens is 254 g/mol. The van der Waals surface area contributed by atoms with E-state index in [0.717, 1.165) is 38.8 Å².